The van der Waals surface area contributed by atoms with Gasteiger partial charge in [0, 0.05) is 29.7 Å². The van der Waals surface area contributed by atoms with E-state index in [4.69, 9.17) is 0 Å². The van der Waals surface area contributed by atoms with E-state index in [1.54, 1.807) is 11.3 Å². The summed E-state index contributed by atoms with van der Waals surface area (Å²) in [5.41, 5.74) is 0. The number of hydrogen-bond donors (Lipinski definition) is 0. The van der Waals surface area contributed by atoms with Gasteiger partial charge in [0.1, 0.15) is 0 Å². The molecule has 0 fully saturated rings. The van der Waals surface area contributed by atoms with Crippen LogP contribution in [0.3, 0.4) is 0 Å². The van der Waals surface area contributed by atoms with Crippen molar-refractivity contribution in [3.05, 3.63) is 58.4 Å². The van der Waals surface area contributed by atoms with Crippen molar-refractivity contribution in [1.82, 2.24) is 0 Å². The average molecular weight is 321 g/mol. The van der Waals surface area contributed by atoms with Crippen LogP contribution in [0.5, 0.6) is 0 Å². The molecule has 0 spiro atoms. The van der Waals surface area contributed by atoms with E-state index in [2.05, 4.69) is 63.8 Å². The van der Waals surface area contributed by atoms with E-state index < -0.39 is 0 Å². The van der Waals surface area contributed by atoms with E-state index in [9.17, 15) is 0 Å². The van der Waals surface area contributed by atoms with Gasteiger partial charge in [0.15, 0.2) is 0 Å². The maximum absolute atomic E-state index is 3.60. The largest absolute Gasteiger partial charge is 0.141 e. The molecule has 17 heavy (non-hydrogen) atoms. The Bertz CT molecular complexity index is 644. The highest BCUT2D eigenvalue weighted by Crippen LogP contribution is 2.39. The molecule has 1 heterocycles. The molecule has 0 saturated carbocycles. The number of benzene rings is 2. The zero-order valence-electron chi connectivity index (χ0n) is 8.89. The second-order valence-electron chi connectivity index (χ2n) is 3.63. The molecule has 3 heteroatoms. The fourth-order valence-electron chi connectivity index (χ4n) is 1.69. The Balaban J connectivity index is 2.05. The second-order valence-corrected chi connectivity index (χ2v) is 6.48. The smallest absolute Gasteiger partial charge is 0.0496 e. The van der Waals surface area contributed by atoms with Crippen LogP contribution in [-0.2, 0) is 0 Å². The van der Waals surface area contributed by atoms with Gasteiger partial charge in [0.25, 0.3) is 0 Å². The third-order valence-electron chi connectivity index (χ3n) is 2.49. The van der Waals surface area contributed by atoms with E-state index in [0.717, 1.165) is 0 Å². The molecule has 2 aromatic carbocycles. The van der Waals surface area contributed by atoms with Crippen LogP contribution in [0.1, 0.15) is 0 Å². The minimum absolute atomic E-state index is 1.18. The minimum atomic E-state index is 1.18. The first-order valence-electron chi connectivity index (χ1n) is 5.23. The summed E-state index contributed by atoms with van der Waals surface area (Å²) in [6.45, 7) is 0. The van der Waals surface area contributed by atoms with Gasteiger partial charge in [-0.25, -0.2) is 0 Å². The lowest BCUT2D eigenvalue weighted by atomic mass is 10.3. The first-order chi connectivity index (χ1) is 8.34. The molecule has 1 aromatic heterocycles. The lowest BCUT2D eigenvalue weighted by molar-refractivity contribution is 1.45. The SMILES string of the molecule is Brc1cccc2c(Sc3ccccc3)csc12. The summed E-state index contributed by atoms with van der Waals surface area (Å²) in [6.07, 6.45) is 0. The van der Waals surface area contributed by atoms with Crippen molar-refractivity contribution in [2.45, 2.75) is 9.79 Å². The van der Waals surface area contributed by atoms with Gasteiger partial charge < -0.3 is 0 Å². The summed E-state index contributed by atoms with van der Waals surface area (Å²) in [7, 11) is 0. The molecule has 0 unspecified atom stereocenters. The normalized spacial score (nSPS) is 10.9. The number of rotatable bonds is 2. The summed E-state index contributed by atoms with van der Waals surface area (Å²) < 4.78 is 2.51. The van der Waals surface area contributed by atoms with Crippen LogP contribution in [0.15, 0.2) is 68.2 Å². The second kappa shape index (κ2) is 4.84. The predicted octanol–water partition coefficient (Wildman–Crippen LogP) is 5.82. The van der Waals surface area contributed by atoms with Crippen molar-refractivity contribution < 1.29 is 0 Å². The molecule has 0 N–H and O–H groups in total. The molecule has 3 rings (SSSR count). The number of hydrogen-bond acceptors (Lipinski definition) is 2. The Kier molecular flexibility index (Phi) is 3.23. The third-order valence-corrected chi connectivity index (χ3v) is 5.65. The first-order valence-corrected chi connectivity index (χ1v) is 7.72. The highest BCUT2D eigenvalue weighted by Gasteiger charge is 2.07. The topological polar surface area (TPSA) is 0 Å². The molecular weight excluding hydrogens is 312 g/mol. The molecule has 0 aliphatic carbocycles. The summed E-state index contributed by atoms with van der Waals surface area (Å²) in [5, 5.41) is 3.56. The lowest BCUT2D eigenvalue weighted by Gasteiger charge is -2.00. The molecule has 0 bridgehead atoms. The molecule has 0 aliphatic heterocycles. The van der Waals surface area contributed by atoms with Gasteiger partial charge in [-0.2, -0.15) is 0 Å². The van der Waals surface area contributed by atoms with Crippen LogP contribution in [0.25, 0.3) is 10.1 Å². The molecule has 84 valence electrons. The van der Waals surface area contributed by atoms with Crippen LogP contribution in [0, 0.1) is 0 Å². The van der Waals surface area contributed by atoms with Gasteiger partial charge in [-0.3, -0.25) is 0 Å². The van der Waals surface area contributed by atoms with Gasteiger partial charge in [0.2, 0.25) is 0 Å². The average Bonchev–Trinajstić information content (AvgIpc) is 2.76. The Morgan fingerprint density at radius 3 is 2.59 bits per heavy atom. The Hall–Kier alpha value is -0.770. The molecule has 0 radical (unpaired) electrons. The zero-order valence-corrected chi connectivity index (χ0v) is 12.1. The molecule has 0 nitrogen and oxygen atoms in total. The van der Waals surface area contributed by atoms with Crippen molar-refractivity contribution in [3.8, 4) is 0 Å². The fourth-order valence-corrected chi connectivity index (χ4v) is 4.41. The van der Waals surface area contributed by atoms with Crippen LogP contribution >= 0.6 is 39.0 Å². The van der Waals surface area contributed by atoms with Gasteiger partial charge in [-0.1, -0.05) is 42.1 Å². The zero-order chi connectivity index (χ0) is 11.7. The highest BCUT2D eigenvalue weighted by atomic mass is 79.9. The highest BCUT2D eigenvalue weighted by molar-refractivity contribution is 9.10. The van der Waals surface area contributed by atoms with Crippen LogP contribution < -0.4 is 0 Å². The third kappa shape index (κ3) is 2.28. The number of halogens is 1. The fraction of sp³-hybridized carbons (Fsp3) is 0. The number of fused-ring (bicyclic) bond motifs is 1. The van der Waals surface area contributed by atoms with Crippen LogP contribution in [0.4, 0.5) is 0 Å². The molecule has 0 atom stereocenters. The van der Waals surface area contributed by atoms with Crippen molar-refractivity contribution >= 4 is 49.1 Å². The van der Waals surface area contributed by atoms with E-state index in [0.29, 0.717) is 0 Å². The van der Waals surface area contributed by atoms with E-state index in [1.165, 1.54) is 24.3 Å². The summed E-state index contributed by atoms with van der Waals surface area (Å²) >= 11 is 7.21. The molecule has 0 amide bonds. The van der Waals surface area contributed by atoms with Gasteiger partial charge >= 0.3 is 0 Å². The Labute approximate surface area is 117 Å². The standard InChI is InChI=1S/C14H9BrS2/c15-12-8-4-7-11-13(9-16-14(11)12)17-10-5-2-1-3-6-10/h1-9H. The van der Waals surface area contributed by atoms with Gasteiger partial charge in [-0.15, -0.1) is 11.3 Å². The molecule has 0 aliphatic rings. The lowest BCUT2D eigenvalue weighted by Crippen LogP contribution is -1.71. The van der Waals surface area contributed by atoms with E-state index >= 15 is 0 Å². The molecular formula is C14H9BrS2. The van der Waals surface area contributed by atoms with Crippen molar-refractivity contribution in [1.29, 1.82) is 0 Å². The van der Waals surface area contributed by atoms with E-state index in [-0.39, 0.29) is 0 Å². The minimum Gasteiger partial charge on any atom is -0.141 e. The van der Waals surface area contributed by atoms with Crippen molar-refractivity contribution in [3.63, 3.8) is 0 Å². The molecule has 3 aromatic rings. The summed E-state index contributed by atoms with van der Waals surface area (Å²) in [5.74, 6) is 0. The van der Waals surface area contributed by atoms with Crippen molar-refractivity contribution in [2.24, 2.45) is 0 Å². The maximum Gasteiger partial charge on any atom is 0.0496 e. The quantitative estimate of drug-likeness (QED) is 0.573. The summed E-state index contributed by atoms with van der Waals surface area (Å²) in [6, 6.07) is 16.9. The molecule has 0 saturated heterocycles. The first kappa shape index (κ1) is 11.3. The van der Waals surface area contributed by atoms with E-state index in [1.807, 2.05) is 17.8 Å². The van der Waals surface area contributed by atoms with Gasteiger partial charge in [-0.05, 0) is 34.1 Å². The number of thiophene rings is 1. The predicted molar refractivity (Wildman–Crippen MR) is 80.1 cm³/mol. The van der Waals surface area contributed by atoms with Crippen LogP contribution in [0.2, 0.25) is 0 Å². The monoisotopic (exact) mass is 320 g/mol. The summed E-state index contributed by atoms with van der Waals surface area (Å²) in [4.78, 5) is 2.62. The Morgan fingerprint density at radius 1 is 0.941 bits per heavy atom. The van der Waals surface area contributed by atoms with Gasteiger partial charge in [0.05, 0.1) is 0 Å². The Morgan fingerprint density at radius 2 is 1.76 bits per heavy atom. The van der Waals surface area contributed by atoms with Crippen molar-refractivity contribution in [2.75, 3.05) is 0 Å². The van der Waals surface area contributed by atoms with Crippen LogP contribution in [-0.4, -0.2) is 0 Å². The maximum atomic E-state index is 3.60.